The van der Waals surface area contributed by atoms with Crippen LogP contribution < -0.4 is 0 Å². The van der Waals surface area contributed by atoms with Gasteiger partial charge in [-0.3, -0.25) is 9.59 Å². The van der Waals surface area contributed by atoms with Crippen molar-refractivity contribution in [2.45, 2.75) is 25.7 Å². The summed E-state index contributed by atoms with van der Waals surface area (Å²) in [6.07, 6.45) is 1.19. The number of carboxylic acid groups (broad SMARTS) is 2. The molecule has 0 aromatic rings. The monoisotopic (exact) mass is 247 g/mol. The number of carboxylic acids is 2. The van der Waals surface area contributed by atoms with Crippen LogP contribution >= 0.6 is 0 Å². The topological polar surface area (TPSA) is 96.3 Å². The third kappa shape index (κ3) is 5.62. The van der Waals surface area contributed by atoms with E-state index >= 15 is 0 Å². The lowest BCUT2D eigenvalue weighted by molar-refractivity contribution is -0.370. The normalized spacial score (nSPS) is 18.1. The summed E-state index contributed by atoms with van der Waals surface area (Å²) in [5.74, 6) is -2.32. The van der Waals surface area contributed by atoms with Crippen LogP contribution in [0.2, 0.25) is 0 Å². The molecule has 0 amide bonds. The number of aliphatic carboxylic acids is 2. The van der Waals surface area contributed by atoms with E-state index in [1.165, 1.54) is 0 Å². The molecular formula is C10H17NO6. The molecule has 17 heavy (non-hydrogen) atoms. The average molecular weight is 247 g/mol. The van der Waals surface area contributed by atoms with Crippen molar-refractivity contribution < 1.29 is 29.7 Å². The van der Waals surface area contributed by atoms with Gasteiger partial charge in [0.25, 0.3) is 0 Å². The van der Waals surface area contributed by atoms with E-state index in [1.54, 1.807) is 5.06 Å². The number of hydrogen-bond donors (Lipinski definition) is 2. The van der Waals surface area contributed by atoms with Gasteiger partial charge in [-0.15, -0.1) is 4.99 Å². The van der Waals surface area contributed by atoms with Crippen LogP contribution in [0.4, 0.5) is 0 Å². The Hall–Kier alpha value is -1.18. The fourth-order valence-corrected chi connectivity index (χ4v) is 1.63. The second kappa shape index (κ2) is 7.21. The Morgan fingerprint density at radius 1 is 1.29 bits per heavy atom. The second-order valence-electron chi connectivity index (χ2n) is 3.94. The average Bonchev–Trinajstić information content (AvgIpc) is 2.74. The largest absolute Gasteiger partial charge is 0.481 e. The molecule has 0 bridgehead atoms. The zero-order valence-electron chi connectivity index (χ0n) is 9.50. The van der Waals surface area contributed by atoms with E-state index in [4.69, 9.17) is 15.2 Å². The van der Waals surface area contributed by atoms with Gasteiger partial charge in [-0.05, 0) is 19.3 Å². The Bertz CT molecular complexity index is 264. The highest BCUT2D eigenvalue weighted by Crippen LogP contribution is 2.15. The number of carbonyl (C=O) groups is 2. The first-order valence-electron chi connectivity index (χ1n) is 5.58. The molecule has 1 heterocycles. The Labute approximate surface area is 98.8 Å². The van der Waals surface area contributed by atoms with Crippen molar-refractivity contribution in [3.63, 3.8) is 0 Å². The number of nitrogens with zero attached hydrogens (tertiary/aromatic N) is 1. The third-order valence-corrected chi connectivity index (χ3v) is 2.60. The van der Waals surface area contributed by atoms with Crippen LogP contribution in [0.1, 0.15) is 25.7 Å². The van der Waals surface area contributed by atoms with Gasteiger partial charge in [0.15, 0.2) is 0 Å². The van der Waals surface area contributed by atoms with E-state index in [0.717, 1.165) is 0 Å². The van der Waals surface area contributed by atoms with Crippen molar-refractivity contribution in [2.75, 3.05) is 19.7 Å². The summed E-state index contributed by atoms with van der Waals surface area (Å²) in [5.41, 5.74) is 0. The maximum Gasteiger partial charge on any atom is 0.306 e. The SMILES string of the molecule is O=C(O)CCCC(CCN1CCOO1)C(=O)O. The van der Waals surface area contributed by atoms with Crippen molar-refractivity contribution in [3.8, 4) is 0 Å². The first-order chi connectivity index (χ1) is 8.09. The van der Waals surface area contributed by atoms with Crippen LogP contribution in [0.15, 0.2) is 0 Å². The standard InChI is InChI=1S/C10H17NO6/c12-9(13)3-1-2-8(10(14)15)4-5-11-6-7-16-17-11/h8H,1-7H2,(H,12,13)(H,14,15). The zero-order chi connectivity index (χ0) is 12.7. The maximum atomic E-state index is 10.9. The van der Waals surface area contributed by atoms with E-state index < -0.39 is 17.9 Å². The van der Waals surface area contributed by atoms with Crippen molar-refractivity contribution in [1.82, 2.24) is 5.06 Å². The van der Waals surface area contributed by atoms with Gasteiger partial charge in [0.05, 0.1) is 19.1 Å². The fraction of sp³-hybridized carbons (Fsp3) is 0.800. The lowest BCUT2D eigenvalue weighted by Crippen LogP contribution is -2.25. The van der Waals surface area contributed by atoms with Crippen molar-refractivity contribution >= 4 is 11.9 Å². The van der Waals surface area contributed by atoms with Crippen LogP contribution in [0.3, 0.4) is 0 Å². The molecule has 1 fully saturated rings. The van der Waals surface area contributed by atoms with E-state index in [-0.39, 0.29) is 6.42 Å². The molecule has 1 saturated heterocycles. The zero-order valence-corrected chi connectivity index (χ0v) is 9.50. The lowest BCUT2D eigenvalue weighted by Gasteiger charge is -2.15. The Morgan fingerprint density at radius 2 is 2.06 bits per heavy atom. The summed E-state index contributed by atoms with van der Waals surface area (Å²) in [6, 6.07) is 0. The smallest absolute Gasteiger partial charge is 0.306 e. The van der Waals surface area contributed by atoms with Crippen LogP contribution in [0, 0.1) is 5.92 Å². The van der Waals surface area contributed by atoms with E-state index in [9.17, 15) is 9.59 Å². The quantitative estimate of drug-likeness (QED) is 0.603. The first kappa shape index (κ1) is 13.9. The number of rotatable bonds is 8. The minimum absolute atomic E-state index is 0.00705. The van der Waals surface area contributed by atoms with Gasteiger partial charge in [0.2, 0.25) is 0 Å². The summed E-state index contributed by atoms with van der Waals surface area (Å²) in [4.78, 5) is 30.7. The molecule has 7 heteroatoms. The molecule has 1 unspecified atom stereocenters. The lowest BCUT2D eigenvalue weighted by atomic mass is 9.98. The van der Waals surface area contributed by atoms with E-state index in [0.29, 0.717) is 39.0 Å². The molecular weight excluding hydrogens is 230 g/mol. The van der Waals surface area contributed by atoms with Crippen molar-refractivity contribution in [1.29, 1.82) is 0 Å². The third-order valence-electron chi connectivity index (χ3n) is 2.60. The van der Waals surface area contributed by atoms with Gasteiger partial charge in [0, 0.05) is 13.0 Å². The predicted molar refractivity (Wildman–Crippen MR) is 55.8 cm³/mol. The summed E-state index contributed by atoms with van der Waals surface area (Å²) < 4.78 is 0. The highest BCUT2D eigenvalue weighted by atomic mass is 17.3. The van der Waals surface area contributed by atoms with Crippen molar-refractivity contribution in [2.24, 2.45) is 5.92 Å². The van der Waals surface area contributed by atoms with Gasteiger partial charge in [-0.2, -0.15) is 5.06 Å². The van der Waals surface area contributed by atoms with Crippen LogP contribution in [0.5, 0.6) is 0 Å². The number of hydroxylamine groups is 2. The summed E-state index contributed by atoms with van der Waals surface area (Å²) >= 11 is 0. The minimum atomic E-state index is -0.898. The Morgan fingerprint density at radius 3 is 2.59 bits per heavy atom. The van der Waals surface area contributed by atoms with E-state index in [1.807, 2.05) is 0 Å². The van der Waals surface area contributed by atoms with Gasteiger partial charge in [-0.1, -0.05) is 0 Å². The van der Waals surface area contributed by atoms with Gasteiger partial charge in [-0.25, -0.2) is 4.89 Å². The Kier molecular flexibility index (Phi) is 5.88. The van der Waals surface area contributed by atoms with Gasteiger partial charge >= 0.3 is 11.9 Å². The molecule has 1 rings (SSSR count). The molecule has 0 aliphatic carbocycles. The molecule has 1 aliphatic heterocycles. The highest BCUT2D eigenvalue weighted by Gasteiger charge is 2.21. The van der Waals surface area contributed by atoms with Gasteiger partial charge in [0.1, 0.15) is 0 Å². The molecule has 0 aromatic carbocycles. The maximum absolute atomic E-state index is 10.9. The van der Waals surface area contributed by atoms with Crippen LogP contribution in [0.25, 0.3) is 0 Å². The molecule has 1 aliphatic rings. The summed E-state index contributed by atoms with van der Waals surface area (Å²) in [7, 11) is 0. The summed E-state index contributed by atoms with van der Waals surface area (Å²) in [5, 5.41) is 19.0. The Balaban J connectivity index is 2.22. The molecule has 7 nitrogen and oxygen atoms in total. The number of hydrogen-bond acceptors (Lipinski definition) is 5. The highest BCUT2D eigenvalue weighted by molar-refractivity contribution is 5.70. The molecule has 0 saturated carbocycles. The van der Waals surface area contributed by atoms with Gasteiger partial charge < -0.3 is 10.2 Å². The van der Waals surface area contributed by atoms with Crippen molar-refractivity contribution in [3.05, 3.63) is 0 Å². The fourth-order valence-electron chi connectivity index (χ4n) is 1.63. The minimum Gasteiger partial charge on any atom is -0.481 e. The molecule has 98 valence electrons. The molecule has 0 aromatic heterocycles. The summed E-state index contributed by atoms with van der Waals surface area (Å²) in [6.45, 7) is 1.59. The molecule has 0 spiro atoms. The molecule has 0 radical (unpaired) electrons. The van der Waals surface area contributed by atoms with E-state index in [2.05, 4.69) is 4.89 Å². The van der Waals surface area contributed by atoms with Crippen LogP contribution in [-0.4, -0.2) is 46.9 Å². The van der Waals surface area contributed by atoms with Crippen LogP contribution in [-0.2, 0) is 19.5 Å². The molecule has 2 N–H and O–H groups in total. The second-order valence-corrected chi connectivity index (χ2v) is 3.94. The first-order valence-corrected chi connectivity index (χ1v) is 5.58. The molecule has 1 atom stereocenters. The predicted octanol–water partition coefficient (Wildman–Crippen LogP) is 0.511.